The van der Waals surface area contributed by atoms with E-state index in [0.29, 0.717) is 30.4 Å². The Morgan fingerprint density at radius 1 is 1.09 bits per heavy atom. The van der Waals surface area contributed by atoms with Crippen LogP contribution in [0.3, 0.4) is 0 Å². The van der Waals surface area contributed by atoms with Crippen molar-refractivity contribution in [1.82, 2.24) is 4.31 Å². The molecule has 0 saturated carbocycles. The number of nitrogens with one attached hydrogen (secondary N) is 1. The van der Waals surface area contributed by atoms with Crippen molar-refractivity contribution in [2.75, 3.05) is 38.2 Å². The maximum absolute atomic E-state index is 12.9. The highest BCUT2D eigenvalue weighted by molar-refractivity contribution is 7.89. The van der Waals surface area contributed by atoms with Gasteiger partial charge in [-0.15, -0.1) is 0 Å². The Morgan fingerprint density at radius 2 is 1.75 bits per heavy atom. The number of amides is 1. The van der Waals surface area contributed by atoms with Crippen LogP contribution in [-0.2, 0) is 24.3 Å². The highest BCUT2D eigenvalue weighted by atomic mass is 32.2. The van der Waals surface area contributed by atoms with Crippen LogP contribution in [0.2, 0.25) is 0 Å². The molecule has 172 valence electrons. The molecule has 1 aliphatic rings. The Labute approximate surface area is 188 Å². The quantitative estimate of drug-likeness (QED) is 0.638. The van der Waals surface area contributed by atoms with Crippen LogP contribution in [0.5, 0.6) is 0 Å². The number of anilines is 1. The summed E-state index contributed by atoms with van der Waals surface area (Å²) in [5.41, 5.74) is 2.41. The Morgan fingerprint density at radius 3 is 2.38 bits per heavy atom. The van der Waals surface area contributed by atoms with Crippen molar-refractivity contribution in [1.29, 1.82) is 0 Å². The van der Waals surface area contributed by atoms with Gasteiger partial charge in [-0.1, -0.05) is 32.0 Å². The van der Waals surface area contributed by atoms with Crippen LogP contribution in [0, 0.1) is 6.92 Å². The maximum atomic E-state index is 12.9. The van der Waals surface area contributed by atoms with Gasteiger partial charge in [0.25, 0.3) is 5.91 Å². The lowest BCUT2D eigenvalue weighted by atomic mass is 10.0. The van der Waals surface area contributed by atoms with Crippen molar-refractivity contribution in [3.63, 3.8) is 0 Å². The SMILES string of the molecule is Cc1ccc(S(=O)(=O)N2CCOCC2)cc1C(=O)OCC(=O)Nc1ccc(C(C)C)cc1. The molecule has 0 atom stereocenters. The molecule has 1 saturated heterocycles. The number of ether oxygens (including phenoxy) is 2. The summed E-state index contributed by atoms with van der Waals surface area (Å²) in [6.07, 6.45) is 0. The van der Waals surface area contributed by atoms with Crippen LogP contribution in [0.25, 0.3) is 0 Å². The number of carbonyl (C=O) groups is 2. The summed E-state index contributed by atoms with van der Waals surface area (Å²) in [4.78, 5) is 24.8. The third-order valence-corrected chi connectivity index (χ3v) is 7.13. The second-order valence-corrected chi connectivity index (χ2v) is 9.83. The molecule has 3 rings (SSSR count). The molecule has 0 aliphatic carbocycles. The van der Waals surface area contributed by atoms with Gasteiger partial charge in [-0.3, -0.25) is 4.79 Å². The van der Waals surface area contributed by atoms with Gasteiger partial charge in [0.2, 0.25) is 10.0 Å². The summed E-state index contributed by atoms with van der Waals surface area (Å²) in [6.45, 7) is 6.53. The molecule has 0 bridgehead atoms. The predicted octanol–water partition coefficient (Wildman–Crippen LogP) is 2.93. The van der Waals surface area contributed by atoms with Gasteiger partial charge in [-0.2, -0.15) is 4.31 Å². The first kappa shape index (κ1) is 23.9. The molecule has 32 heavy (non-hydrogen) atoms. The van der Waals surface area contributed by atoms with Crippen LogP contribution < -0.4 is 5.32 Å². The van der Waals surface area contributed by atoms with E-state index in [1.54, 1.807) is 25.1 Å². The highest BCUT2D eigenvalue weighted by Gasteiger charge is 2.27. The number of aryl methyl sites for hydroxylation is 1. The minimum Gasteiger partial charge on any atom is -0.452 e. The van der Waals surface area contributed by atoms with E-state index in [1.807, 2.05) is 12.1 Å². The number of rotatable bonds is 7. The normalized spacial score (nSPS) is 14.9. The molecule has 0 unspecified atom stereocenters. The number of nitrogens with zero attached hydrogens (tertiary/aromatic N) is 1. The fourth-order valence-electron chi connectivity index (χ4n) is 3.27. The summed E-state index contributed by atoms with van der Waals surface area (Å²) in [5, 5.41) is 2.68. The lowest BCUT2D eigenvalue weighted by molar-refractivity contribution is -0.119. The first-order valence-corrected chi connectivity index (χ1v) is 11.9. The number of morpholine rings is 1. The molecular formula is C23H28N2O6S. The van der Waals surface area contributed by atoms with Crippen LogP contribution in [0.4, 0.5) is 5.69 Å². The van der Waals surface area contributed by atoms with Gasteiger partial charge in [0.15, 0.2) is 6.61 Å². The van der Waals surface area contributed by atoms with Crippen LogP contribution in [0.1, 0.15) is 41.3 Å². The van der Waals surface area contributed by atoms with Crippen molar-refractivity contribution in [2.45, 2.75) is 31.6 Å². The average molecular weight is 461 g/mol. The maximum Gasteiger partial charge on any atom is 0.338 e. The van der Waals surface area contributed by atoms with Gasteiger partial charge in [-0.25, -0.2) is 13.2 Å². The van der Waals surface area contributed by atoms with Crippen LogP contribution >= 0.6 is 0 Å². The predicted molar refractivity (Wildman–Crippen MR) is 120 cm³/mol. The van der Waals surface area contributed by atoms with E-state index < -0.39 is 28.5 Å². The number of carbonyl (C=O) groups excluding carboxylic acids is 2. The Balaban J connectivity index is 1.64. The van der Waals surface area contributed by atoms with E-state index in [2.05, 4.69) is 19.2 Å². The van der Waals surface area contributed by atoms with E-state index >= 15 is 0 Å². The number of sulfonamides is 1. The molecule has 1 aliphatic heterocycles. The lowest BCUT2D eigenvalue weighted by Crippen LogP contribution is -2.40. The van der Waals surface area contributed by atoms with E-state index in [9.17, 15) is 18.0 Å². The summed E-state index contributed by atoms with van der Waals surface area (Å²) >= 11 is 0. The number of benzene rings is 2. The van der Waals surface area contributed by atoms with Crippen molar-refractivity contribution in [3.05, 3.63) is 59.2 Å². The van der Waals surface area contributed by atoms with Gasteiger partial charge in [-0.05, 0) is 48.2 Å². The number of esters is 1. The molecule has 0 radical (unpaired) electrons. The molecule has 9 heteroatoms. The van der Waals surface area contributed by atoms with Crippen molar-refractivity contribution in [2.24, 2.45) is 0 Å². The number of hydrogen-bond acceptors (Lipinski definition) is 6. The molecule has 1 amide bonds. The summed E-state index contributed by atoms with van der Waals surface area (Å²) < 4.78 is 37.4. The van der Waals surface area contributed by atoms with E-state index in [4.69, 9.17) is 9.47 Å². The zero-order valence-electron chi connectivity index (χ0n) is 18.5. The Hall–Kier alpha value is -2.75. The van der Waals surface area contributed by atoms with E-state index in [0.717, 1.165) is 5.56 Å². The van der Waals surface area contributed by atoms with E-state index in [1.165, 1.54) is 16.4 Å². The average Bonchev–Trinajstić information content (AvgIpc) is 2.78. The van der Waals surface area contributed by atoms with Crippen LogP contribution in [0.15, 0.2) is 47.4 Å². The first-order valence-electron chi connectivity index (χ1n) is 10.4. The third-order valence-electron chi connectivity index (χ3n) is 5.23. The first-order chi connectivity index (χ1) is 15.2. The fraction of sp³-hybridized carbons (Fsp3) is 0.391. The van der Waals surface area contributed by atoms with E-state index in [-0.39, 0.29) is 23.5 Å². The molecule has 0 aromatic heterocycles. The van der Waals surface area contributed by atoms with Crippen molar-refractivity contribution < 1.29 is 27.5 Å². The second-order valence-electron chi connectivity index (χ2n) is 7.89. The molecule has 0 spiro atoms. The van der Waals surface area contributed by atoms with Crippen LogP contribution in [-0.4, -0.2) is 57.5 Å². The minimum atomic E-state index is -3.75. The fourth-order valence-corrected chi connectivity index (χ4v) is 4.71. The van der Waals surface area contributed by atoms with Crippen molar-refractivity contribution >= 4 is 27.6 Å². The van der Waals surface area contributed by atoms with Gasteiger partial charge >= 0.3 is 5.97 Å². The molecule has 2 aromatic rings. The summed E-state index contributed by atoms with van der Waals surface area (Å²) in [7, 11) is -3.75. The zero-order valence-corrected chi connectivity index (χ0v) is 19.3. The van der Waals surface area contributed by atoms with Gasteiger partial charge in [0.1, 0.15) is 0 Å². The summed E-state index contributed by atoms with van der Waals surface area (Å²) in [5.74, 6) is -0.857. The lowest BCUT2D eigenvalue weighted by Gasteiger charge is -2.26. The molecule has 2 aromatic carbocycles. The summed E-state index contributed by atoms with van der Waals surface area (Å²) in [6, 6.07) is 11.8. The van der Waals surface area contributed by atoms with Gasteiger partial charge in [0.05, 0.1) is 23.7 Å². The zero-order chi connectivity index (χ0) is 23.3. The smallest absolute Gasteiger partial charge is 0.338 e. The monoisotopic (exact) mass is 460 g/mol. The standard InChI is InChI=1S/C23H28N2O6S/c1-16(2)18-5-7-19(8-6-18)24-22(26)15-31-23(27)21-14-20(9-4-17(21)3)32(28,29)25-10-12-30-13-11-25/h4-9,14,16H,10-13,15H2,1-3H3,(H,24,26). The third kappa shape index (κ3) is 5.73. The Kier molecular flexibility index (Phi) is 7.65. The molecular weight excluding hydrogens is 432 g/mol. The molecule has 1 fully saturated rings. The highest BCUT2D eigenvalue weighted by Crippen LogP contribution is 2.21. The Bertz CT molecular complexity index is 1070. The molecule has 1 heterocycles. The van der Waals surface area contributed by atoms with Gasteiger partial charge in [0, 0.05) is 18.8 Å². The molecule has 1 N–H and O–H groups in total. The van der Waals surface area contributed by atoms with Crippen molar-refractivity contribution in [3.8, 4) is 0 Å². The minimum absolute atomic E-state index is 0.00615. The second kappa shape index (κ2) is 10.2. The molecule has 8 nitrogen and oxygen atoms in total. The largest absolute Gasteiger partial charge is 0.452 e. The van der Waals surface area contributed by atoms with Gasteiger partial charge < -0.3 is 14.8 Å². The number of hydrogen-bond donors (Lipinski definition) is 1. The topological polar surface area (TPSA) is 102 Å².